The molecule has 0 radical (unpaired) electrons. The molecule has 1 saturated heterocycles. The molecule has 1 saturated carbocycles. The standard InChI is InChI=1S/C16H25N5O2/c22-15(19-10-14-17-7-8-18-14)12-4-3-9-21(11-12)16(23)20-13-5-1-2-6-13/h7-8,12-13H,1-6,9-11H2,(H,17,18)(H,19,22)(H,20,23)/t12-/m1/s1. The number of rotatable bonds is 4. The van der Waals surface area contributed by atoms with Crippen molar-refractivity contribution >= 4 is 11.9 Å². The Labute approximate surface area is 136 Å². The summed E-state index contributed by atoms with van der Waals surface area (Å²) in [5.41, 5.74) is 0. The molecule has 7 heteroatoms. The minimum atomic E-state index is -0.131. The number of urea groups is 1. The number of carbonyl (C=O) groups excluding carboxylic acids is 2. The zero-order chi connectivity index (χ0) is 16.1. The topological polar surface area (TPSA) is 90.1 Å². The number of piperidine rings is 1. The highest BCUT2D eigenvalue weighted by atomic mass is 16.2. The monoisotopic (exact) mass is 319 g/mol. The molecule has 126 valence electrons. The second-order valence-corrected chi connectivity index (χ2v) is 6.47. The third kappa shape index (κ3) is 4.24. The quantitative estimate of drug-likeness (QED) is 0.783. The lowest BCUT2D eigenvalue weighted by Gasteiger charge is -2.32. The summed E-state index contributed by atoms with van der Waals surface area (Å²) in [6.45, 7) is 1.64. The fourth-order valence-electron chi connectivity index (χ4n) is 3.42. The first-order valence-corrected chi connectivity index (χ1v) is 8.54. The molecule has 2 fully saturated rings. The van der Waals surface area contributed by atoms with E-state index in [4.69, 9.17) is 0 Å². The van der Waals surface area contributed by atoms with E-state index in [1.54, 1.807) is 17.3 Å². The van der Waals surface area contributed by atoms with Gasteiger partial charge in [0.25, 0.3) is 0 Å². The van der Waals surface area contributed by atoms with E-state index in [0.29, 0.717) is 19.1 Å². The summed E-state index contributed by atoms with van der Waals surface area (Å²) in [7, 11) is 0. The number of hydrogen-bond acceptors (Lipinski definition) is 3. The Balaban J connectivity index is 1.46. The van der Waals surface area contributed by atoms with Crippen molar-refractivity contribution in [3.05, 3.63) is 18.2 Å². The van der Waals surface area contributed by atoms with E-state index in [1.807, 2.05) is 0 Å². The fourth-order valence-corrected chi connectivity index (χ4v) is 3.42. The summed E-state index contributed by atoms with van der Waals surface area (Å²) < 4.78 is 0. The third-order valence-electron chi connectivity index (χ3n) is 4.75. The molecule has 3 rings (SSSR count). The Morgan fingerprint density at radius 1 is 1.26 bits per heavy atom. The molecule has 1 aliphatic carbocycles. The number of nitrogens with one attached hydrogen (secondary N) is 3. The van der Waals surface area contributed by atoms with E-state index in [0.717, 1.165) is 38.1 Å². The van der Waals surface area contributed by atoms with Crippen molar-refractivity contribution in [3.63, 3.8) is 0 Å². The molecule has 23 heavy (non-hydrogen) atoms. The molecule has 1 aromatic heterocycles. The number of nitrogens with zero attached hydrogens (tertiary/aromatic N) is 2. The smallest absolute Gasteiger partial charge is 0.317 e. The van der Waals surface area contributed by atoms with Gasteiger partial charge in [-0.2, -0.15) is 0 Å². The van der Waals surface area contributed by atoms with Gasteiger partial charge in [-0.25, -0.2) is 9.78 Å². The van der Waals surface area contributed by atoms with Gasteiger partial charge in [-0.1, -0.05) is 12.8 Å². The lowest BCUT2D eigenvalue weighted by atomic mass is 9.97. The van der Waals surface area contributed by atoms with Crippen LogP contribution in [-0.4, -0.2) is 45.9 Å². The van der Waals surface area contributed by atoms with Crippen LogP contribution in [0.15, 0.2) is 12.4 Å². The fraction of sp³-hybridized carbons (Fsp3) is 0.688. The molecular weight excluding hydrogens is 294 g/mol. The van der Waals surface area contributed by atoms with Crippen molar-refractivity contribution in [1.29, 1.82) is 0 Å². The van der Waals surface area contributed by atoms with Gasteiger partial charge in [0, 0.05) is 31.5 Å². The predicted molar refractivity (Wildman–Crippen MR) is 85.5 cm³/mol. The third-order valence-corrected chi connectivity index (χ3v) is 4.75. The number of hydrogen-bond donors (Lipinski definition) is 3. The zero-order valence-electron chi connectivity index (χ0n) is 13.4. The van der Waals surface area contributed by atoms with Crippen LogP contribution in [0.1, 0.15) is 44.3 Å². The summed E-state index contributed by atoms with van der Waals surface area (Å²) >= 11 is 0. The molecule has 1 aliphatic heterocycles. The molecule has 0 spiro atoms. The van der Waals surface area contributed by atoms with Crippen LogP contribution >= 0.6 is 0 Å². The normalized spacial score (nSPS) is 22.1. The first kappa shape index (κ1) is 15.8. The minimum absolute atomic E-state index is 0.000216. The summed E-state index contributed by atoms with van der Waals surface area (Å²) in [5, 5.41) is 6.00. The number of aromatic nitrogens is 2. The molecule has 1 aromatic rings. The molecule has 0 aromatic carbocycles. The predicted octanol–water partition coefficient (Wildman–Crippen LogP) is 1.39. The maximum absolute atomic E-state index is 12.3. The summed E-state index contributed by atoms with van der Waals surface area (Å²) in [6, 6.07) is 0.302. The Morgan fingerprint density at radius 3 is 2.83 bits per heavy atom. The summed E-state index contributed by atoms with van der Waals surface area (Å²) in [6.07, 6.45) is 9.65. The van der Waals surface area contributed by atoms with Crippen LogP contribution in [0.2, 0.25) is 0 Å². The van der Waals surface area contributed by atoms with Crippen molar-refractivity contribution in [2.24, 2.45) is 5.92 Å². The first-order valence-electron chi connectivity index (χ1n) is 8.54. The van der Waals surface area contributed by atoms with Gasteiger partial charge in [0.1, 0.15) is 5.82 Å². The lowest BCUT2D eigenvalue weighted by Crippen LogP contribution is -2.50. The molecule has 2 heterocycles. The van der Waals surface area contributed by atoms with Crippen molar-refractivity contribution < 1.29 is 9.59 Å². The van der Waals surface area contributed by atoms with E-state index in [1.165, 1.54) is 12.8 Å². The number of imidazole rings is 1. The van der Waals surface area contributed by atoms with Crippen molar-refractivity contribution in [2.75, 3.05) is 13.1 Å². The Bertz CT molecular complexity index is 525. The molecular formula is C16H25N5O2. The van der Waals surface area contributed by atoms with Crippen molar-refractivity contribution in [2.45, 2.75) is 51.1 Å². The molecule has 3 amide bonds. The molecule has 3 N–H and O–H groups in total. The first-order chi connectivity index (χ1) is 11.2. The maximum Gasteiger partial charge on any atom is 0.317 e. The van der Waals surface area contributed by atoms with Crippen molar-refractivity contribution in [3.8, 4) is 0 Å². The zero-order valence-corrected chi connectivity index (χ0v) is 13.4. The van der Waals surface area contributed by atoms with Crippen LogP contribution < -0.4 is 10.6 Å². The molecule has 2 aliphatic rings. The van der Waals surface area contributed by atoms with Crippen LogP contribution in [0.4, 0.5) is 4.79 Å². The summed E-state index contributed by atoms with van der Waals surface area (Å²) in [5.74, 6) is 0.609. The van der Waals surface area contributed by atoms with Gasteiger partial charge < -0.3 is 20.5 Å². The van der Waals surface area contributed by atoms with Crippen LogP contribution in [0, 0.1) is 5.92 Å². The Morgan fingerprint density at radius 2 is 2.09 bits per heavy atom. The highest BCUT2D eigenvalue weighted by Crippen LogP contribution is 2.20. The second kappa shape index (κ2) is 7.48. The van der Waals surface area contributed by atoms with Gasteiger partial charge in [-0.3, -0.25) is 4.79 Å². The van der Waals surface area contributed by atoms with Crippen LogP contribution in [-0.2, 0) is 11.3 Å². The van der Waals surface area contributed by atoms with E-state index in [-0.39, 0.29) is 17.9 Å². The minimum Gasteiger partial charge on any atom is -0.349 e. The highest BCUT2D eigenvalue weighted by Gasteiger charge is 2.29. The van der Waals surface area contributed by atoms with E-state index >= 15 is 0 Å². The number of H-pyrrole nitrogens is 1. The van der Waals surface area contributed by atoms with Crippen LogP contribution in [0.5, 0.6) is 0 Å². The van der Waals surface area contributed by atoms with Gasteiger partial charge in [-0.05, 0) is 25.7 Å². The summed E-state index contributed by atoms with van der Waals surface area (Å²) in [4.78, 5) is 33.5. The Hall–Kier alpha value is -2.05. The average molecular weight is 319 g/mol. The van der Waals surface area contributed by atoms with Gasteiger partial charge >= 0.3 is 6.03 Å². The number of amides is 3. The molecule has 0 unspecified atom stereocenters. The van der Waals surface area contributed by atoms with Crippen molar-refractivity contribution in [1.82, 2.24) is 25.5 Å². The maximum atomic E-state index is 12.3. The molecule has 0 bridgehead atoms. The number of carbonyl (C=O) groups is 2. The van der Waals surface area contributed by atoms with Gasteiger partial charge in [0.05, 0.1) is 12.5 Å². The van der Waals surface area contributed by atoms with Crippen LogP contribution in [0.3, 0.4) is 0 Å². The van der Waals surface area contributed by atoms with E-state index < -0.39 is 0 Å². The van der Waals surface area contributed by atoms with Gasteiger partial charge in [0.2, 0.25) is 5.91 Å². The SMILES string of the molecule is O=C(NCc1ncc[nH]1)[C@@H]1CCCN(C(=O)NC2CCCC2)C1. The average Bonchev–Trinajstić information content (AvgIpc) is 3.26. The Kier molecular flexibility index (Phi) is 5.15. The largest absolute Gasteiger partial charge is 0.349 e. The van der Waals surface area contributed by atoms with E-state index in [9.17, 15) is 9.59 Å². The van der Waals surface area contributed by atoms with Gasteiger partial charge in [-0.15, -0.1) is 0 Å². The van der Waals surface area contributed by atoms with Gasteiger partial charge in [0.15, 0.2) is 0 Å². The van der Waals surface area contributed by atoms with Crippen LogP contribution in [0.25, 0.3) is 0 Å². The highest BCUT2D eigenvalue weighted by molar-refractivity contribution is 5.80. The second-order valence-electron chi connectivity index (χ2n) is 6.47. The molecule has 7 nitrogen and oxygen atoms in total. The molecule has 1 atom stereocenters. The number of likely N-dealkylation sites (tertiary alicyclic amines) is 1. The van der Waals surface area contributed by atoms with E-state index in [2.05, 4.69) is 20.6 Å². The number of aromatic amines is 1. The lowest BCUT2D eigenvalue weighted by molar-refractivity contribution is -0.126.